The lowest BCUT2D eigenvalue weighted by Crippen LogP contribution is -2.17. The van der Waals surface area contributed by atoms with Crippen LogP contribution in [0.5, 0.6) is 0 Å². The number of nitrogens with zero attached hydrogens (tertiary/aromatic N) is 2. The minimum atomic E-state index is -3.29. The number of nitrogens with one attached hydrogen (secondary N) is 1. The van der Waals surface area contributed by atoms with Gasteiger partial charge in [0.15, 0.2) is 9.84 Å². The molecule has 0 saturated carbocycles. The molecule has 0 aliphatic heterocycles. The Labute approximate surface area is 148 Å². The van der Waals surface area contributed by atoms with E-state index in [1.807, 2.05) is 18.2 Å². The Morgan fingerprint density at radius 3 is 2.36 bits per heavy atom. The first-order chi connectivity index (χ1) is 11.9. The van der Waals surface area contributed by atoms with Gasteiger partial charge in [-0.25, -0.2) is 18.4 Å². The van der Waals surface area contributed by atoms with Crippen molar-refractivity contribution < 1.29 is 8.42 Å². The SMILES string of the molecule is CC(C)C(Nc1ncnc2ccc(S(C)(=O)=O)cc12)c1ccccc1. The van der Waals surface area contributed by atoms with E-state index in [1.165, 1.54) is 12.6 Å². The van der Waals surface area contributed by atoms with Crippen molar-refractivity contribution in [1.29, 1.82) is 0 Å². The van der Waals surface area contributed by atoms with Crippen molar-refractivity contribution in [3.8, 4) is 0 Å². The van der Waals surface area contributed by atoms with Crippen molar-refractivity contribution >= 4 is 26.6 Å². The highest BCUT2D eigenvalue weighted by Crippen LogP contribution is 2.29. The molecule has 3 aromatic rings. The molecule has 1 heterocycles. The van der Waals surface area contributed by atoms with Gasteiger partial charge in [0.05, 0.1) is 16.5 Å². The lowest BCUT2D eigenvalue weighted by Gasteiger charge is -2.24. The predicted octanol–water partition coefficient (Wildman–Crippen LogP) is 3.84. The molecular formula is C19H21N3O2S. The van der Waals surface area contributed by atoms with E-state index >= 15 is 0 Å². The molecule has 2 aromatic carbocycles. The van der Waals surface area contributed by atoms with Crippen LogP contribution in [0.25, 0.3) is 10.9 Å². The van der Waals surface area contributed by atoms with E-state index in [0.717, 1.165) is 5.56 Å². The minimum absolute atomic E-state index is 0.0567. The molecule has 0 saturated heterocycles. The van der Waals surface area contributed by atoms with Gasteiger partial charge in [-0.05, 0) is 29.7 Å². The fraction of sp³-hybridized carbons (Fsp3) is 0.263. The van der Waals surface area contributed by atoms with Crippen molar-refractivity contribution in [2.75, 3.05) is 11.6 Å². The zero-order chi connectivity index (χ0) is 18.0. The maximum atomic E-state index is 11.9. The van der Waals surface area contributed by atoms with Gasteiger partial charge >= 0.3 is 0 Å². The number of fused-ring (bicyclic) bond motifs is 1. The Kier molecular flexibility index (Phi) is 4.72. The molecule has 1 atom stereocenters. The lowest BCUT2D eigenvalue weighted by molar-refractivity contribution is 0.545. The van der Waals surface area contributed by atoms with Crippen LogP contribution < -0.4 is 5.32 Å². The molecule has 0 spiro atoms. The van der Waals surface area contributed by atoms with Gasteiger partial charge < -0.3 is 5.32 Å². The summed E-state index contributed by atoms with van der Waals surface area (Å²) in [5.41, 5.74) is 1.86. The maximum Gasteiger partial charge on any atom is 0.175 e. The topological polar surface area (TPSA) is 72.0 Å². The van der Waals surface area contributed by atoms with Crippen LogP contribution in [0, 0.1) is 5.92 Å². The van der Waals surface area contributed by atoms with Crippen molar-refractivity contribution in [3.05, 3.63) is 60.4 Å². The molecule has 3 rings (SSSR count). The van der Waals surface area contributed by atoms with Gasteiger partial charge in [-0.1, -0.05) is 44.2 Å². The van der Waals surface area contributed by atoms with Gasteiger partial charge in [0, 0.05) is 11.6 Å². The number of sulfone groups is 1. The summed E-state index contributed by atoms with van der Waals surface area (Å²) in [5, 5.41) is 4.17. The van der Waals surface area contributed by atoms with E-state index in [0.29, 0.717) is 22.6 Å². The summed E-state index contributed by atoms with van der Waals surface area (Å²) in [5.74, 6) is 0.962. The molecule has 0 aliphatic carbocycles. The second kappa shape index (κ2) is 6.80. The second-order valence-corrected chi connectivity index (χ2v) is 8.47. The number of anilines is 1. The fourth-order valence-electron chi connectivity index (χ4n) is 2.82. The summed E-state index contributed by atoms with van der Waals surface area (Å²) >= 11 is 0. The fourth-order valence-corrected chi connectivity index (χ4v) is 3.47. The first-order valence-corrected chi connectivity index (χ1v) is 10.0. The normalized spacial score (nSPS) is 13.1. The van der Waals surface area contributed by atoms with E-state index in [9.17, 15) is 8.42 Å². The Morgan fingerprint density at radius 1 is 1.00 bits per heavy atom. The molecule has 130 valence electrons. The number of hydrogen-bond acceptors (Lipinski definition) is 5. The van der Waals surface area contributed by atoms with Gasteiger partial charge in [0.2, 0.25) is 0 Å². The largest absolute Gasteiger partial charge is 0.362 e. The molecule has 0 radical (unpaired) electrons. The van der Waals surface area contributed by atoms with Gasteiger partial charge in [-0.3, -0.25) is 0 Å². The summed E-state index contributed by atoms with van der Waals surface area (Å²) in [4.78, 5) is 8.87. The molecule has 0 amide bonds. The first-order valence-electron chi connectivity index (χ1n) is 8.12. The molecule has 0 bridgehead atoms. The number of rotatable bonds is 5. The van der Waals surface area contributed by atoms with Gasteiger partial charge in [-0.2, -0.15) is 0 Å². The van der Waals surface area contributed by atoms with Crippen LogP contribution in [0.1, 0.15) is 25.5 Å². The third kappa shape index (κ3) is 3.79. The highest BCUT2D eigenvalue weighted by Gasteiger charge is 2.18. The van der Waals surface area contributed by atoms with E-state index in [-0.39, 0.29) is 10.9 Å². The first kappa shape index (κ1) is 17.4. The van der Waals surface area contributed by atoms with Crippen molar-refractivity contribution in [2.45, 2.75) is 24.8 Å². The molecule has 1 unspecified atom stereocenters. The van der Waals surface area contributed by atoms with Crippen LogP contribution in [0.15, 0.2) is 59.8 Å². The molecule has 0 aliphatic rings. The number of hydrogen-bond donors (Lipinski definition) is 1. The summed E-state index contributed by atoms with van der Waals surface area (Å²) in [6, 6.07) is 15.1. The Morgan fingerprint density at radius 2 is 1.72 bits per heavy atom. The third-order valence-electron chi connectivity index (χ3n) is 4.15. The average Bonchev–Trinajstić information content (AvgIpc) is 2.59. The summed E-state index contributed by atoms with van der Waals surface area (Å²) in [7, 11) is -3.29. The standard InChI is InChI=1S/C19H21N3O2S/c1-13(2)18(14-7-5-4-6-8-14)22-19-16-11-15(25(3,23)24)9-10-17(16)20-12-21-19/h4-13,18H,1-3H3,(H,20,21,22). The molecule has 6 heteroatoms. The van der Waals surface area contributed by atoms with Crippen LogP contribution in [0.3, 0.4) is 0 Å². The number of benzene rings is 2. The Hall–Kier alpha value is -2.47. The van der Waals surface area contributed by atoms with Crippen molar-refractivity contribution in [3.63, 3.8) is 0 Å². The van der Waals surface area contributed by atoms with E-state index in [2.05, 4.69) is 41.3 Å². The summed E-state index contributed by atoms with van der Waals surface area (Å²) < 4.78 is 23.8. The highest BCUT2D eigenvalue weighted by atomic mass is 32.2. The van der Waals surface area contributed by atoms with E-state index in [1.54, 1.807) is 18.2 Å². The van der Waals surface area contributed by atoms with Crippen molar-refractivity contribution in [2.24, 2.45) is 5.92 Å². The van der Waals surface area contributed by atoms with Crippen LogP contribution in [0.4, 0.5) is 5.82 Å². The molecule has 1 aromatic heterocycles. The summed E-state index contributed by atoms with van der Waals surface area (Å²) in [6.07, 6.45) is 2.69. The minimum Gasteiger partial charge on any atom is -0.362 e. The Bertz CT molecular complexity index is 986. The third-order valence-corrected chi connectivity index (χ3v) is 5.26. The van der Waals surface area contributed by atoms with Crippen LogP contribution in [-0.4, -0.2) is 24.6 Å². The van der Waals surface area contributed by atoms with Gasteiger partial charge in [-0.15, -0.1) is 0 Å². The molecule has 1 N–H and O–H groups in total. The van der Waals surface area contributed by atoms with E-state index in [4.69, 9.17) is 0 Å². The van der Waals surface area contributed by atoms with Gasteiger partial charge in [0.1, 0.15) is 12.1 Å². The zero-order valence-corrected chi connectivity index (χ0v) is 15.3. The van der Waals surface area contributed by atoms with Crippen LogP contribution in [-0.2, 0) is 9.84 Å². The molecular weight excluding hydrogens is 334 g/mol. The summed E-state index contributed by atoms with van der Waals surface area (Å²) in [6.45, 7) is 4.27. The van der Waals surface area contributed by atoms with Crippen LogP contribution >= 0.6 is 0 Å². The molecule has 5 nitrogen and oxygen atoms in total. The van der Waals surface area contributed by atoms with E-state index < -0.39 is 9.84 Å². The highest BCUT2D eigenvalue weighted by molar-refractivity contribution is 7.90. The number of aromatic nitrogens is 2. The molecule has 25 heavy (non-hydrogen) atoms. The quantitative estimate of drug-likeness (QED) is 0.753. The smallest absolute Gasteiger partial charge is 0.175 e. The maximum absolute atomic E-state index is 11.9. The zero-order valence-electron chi connectivity index (χ0n) is 14.5. The predicted molar refractivity (Wildman–Crippen MR) is 100 cm³/mol. The van der Waals surface area contributed by atoms with Crippen molar-refractivity contribution in [1.82, 2.24) is 9.97 Å². The van der Waals surface area contributed by atoms with Crippen LogP contribution in [0.2, 0.25) is 0 Å². The average molecular weight is 355 g/mol. The van der Waals surface area contributed by atoms with Gasteiger partial charge in [0.25, 0.3) is 0 Å². The monoisotopic (exact) mass is 355 g/mol. The lowest BCUT2D eigenvalue weighted by atomic mass is 9.96. The second-order valence-electron chi connectivity index (χ2n) is 6.45. The Balaban J connectivity index is 2.08. The molecule has 0 fully saturated rings.